The van der Waals surface area contributed by atoms with E-state index in [2.05, 4.69) is 13.0 Å². The summed E-state index contributed by atoms with van der Waals surface area (Å²) in [7, 11) is 0. The quantitative estimate of drug-likeness (QED) is 0.667. The highest BCUT2D eigenvalue weighted by Gasteiger charge is 2.69. The minimum atomic E-state index is -1.24. The number of hydrogen-bond donors (Lipinski definition) is 0. The zero-order valence-electron chi connectivity index (χ0n) is 17.1. The zero-order chi connectivity index (χ0) is 20.5. The standard InChI is InChI=1S/C23H29FO4/c1-13(25)23(28-14(2)26)10-8-18-17-6-5-15-11-16(27)7-9-21(15,3)20(17)19(24)12-22(18,23)4/h5-6,11,17-20H,7-10,12H2,1-4H3/t17-,18-,19?,20+,21-,22-,23-/m0/s1. The SMILES string of the molecule is CC(=O)O[C@]1(C(C)=O)CC[C@H]2[C@@H]3C=CC4=CC(=O)CC[C@]4(C)[C@H]3C(F)C[C@@]21C. The highest BCUT2D eigenvalue weighted by molar-refractivity contribution is 5.92. The first-order valence-electron chi connectivity index (χ1n) is 10.3. The maximum Gasteiger partial charge on any atom is 0.303 e. The number of fused-ring (bicyclic) bond motifs is 5. The lowest BCUT2D eigenvalue weighted by Crippen LogP contribution is -2.61. The highest BCUT2D eigenvalue weighted by Crippen LogP contribution is 2.67. The molecule has 0 bridgehead atoms. The Morgan fingerprint density at radius 1 is 1.21 bits per heavy atom. The molecule has 4 nitrogen and oxygen atoms in total. The number of allylic oxidation sites excluding steroid dienone is 4. The first-order chi connectivity index (χ1) is 13.0. The molecule has 5 heteroatoms. The van der Waals surface area contributed by atoms with Crippen molar-refractivity contribution in [1.29, 1.82) is 0 Å². The normalized spacial score (nSPS) is 46.9. The molecule has 2 fully saturated rings. The molecule has 1 unspecified atom stereocenters. The van der Waals surface area contributed by atoms with Crippen molar-refractivity contribution in [3.8, 4) is 0 Å². The Kier molecular flexibility index (Phi) is 4.26. The van der Waals surface area contributed by atoms with Gasteiger partial charge in [-0.15, -0.1) is 0 Å². The lowest BCUT2D eigenvalue weighted by molar-refractivity contribution is -0.189. The number of ether oxygens (including phenoxy) is 1. The summed E-state index contributed by atoms with van der Waals surface area (Å²) < 4.78 is 21.5. The summed E-state index contributed by atoms with van der Waals surface area (Å²) >= 11 is 0. The second-order valence-electron chi connectivity index (χ2n) is 9.71. The van der Waals surface area contributed by atoms with Crippen molar-refractivity contribution < 1.29 is 23.5 Å². The van der Waals surface area contributed by atoms with E-state index in [1.165, 1.54) is 13.8 Å². The van der Waals surface area contributed by atoms with Crippen molar-refractivity contribution in [3.05, 3.63) is 23.8 Å². The van der Waals surface area contributed by atoms with Crippen LogP contribution in [-0.2, 0) is 19.1 Å². The van der Waals surface area contributed by atoms with Crippen LogP contribution in [0.15, 0.2) is 23.8 Å². The predicted molar refractivity (Wildman–Crippen MR) is 102 cm³/mol. The number of alkyl halides is 1. The average Bonchev–Trinajstić information content (AvgIpc) is 2.88. The van der Waals surface area contributed by atoms with Crippen molar-refractivity contribution in [2.75, 3.05) is 0 Å². The molecule has 0 N–H and O–H groups in total. The van der Waals surface area contributed by atoms with E-state index in [-0.39, 0.29) is 41.2 Å². The fourth-order valence-electron chi connectivity index (χ4n) is 7.11. The van der Waals surface area contributed by atoms with Crippen molar-refractivity contribution in [3.63, 3.8) is 0 Å². The Bertz CT molecular complexity index is 813. The monoisotopic (exact) mass is 388 g/mol. The summed E-state index contributed by atoms with van der Waals surface area (Å²) in [6.45, 7) is 6.80. The predicted octanol–water partition coefficient (Wildman–Crippen LogP) is 4.13. The molecule has 0 saturated heterocycles. The van der Waals surface area contributed by atoms with Gasteiger partial charge in [-0.05, 0) is 61.5 Å². The Morgan fingerprint density at radius 3 is 2.57 bits per heavy atom. The topological polar surface area (TPSA) is 60.4 Å². The van der Waals surface area contributed by atoms with Crippen LogP contribution >= 0.6 is 0 Å². The third-order valence-corrected chi connectivity index (χ3v) is 8.42. The molecular formula is C23H29FO4. The summed E-state index contributed by atoms with van der Waals surface area (Å²) in [5, 5.41) is 0. The Hall–Kier alpha value is -1.78. The molecule has 4 aliphatic rings. The van der Waals surface area contributed by atoms with Crippen LogP contribution < -0.4 is 0 Å². The molecule has 0 amide bonds. The van der Waals surface area contributed by atoms with Crippen molar-refractivity contribution in [2.45, 2.75) is 71.6 Å². The Labute approximate surface area is 165 Å². The molecule has 0 spiro atoms. The smallest absolute Gasteiger partial charge is 0.303 e. The van der Waals surface area contributed by atoms with Gasteiger partial charge in [-0.2, -0.15) is 0 Å². The summed E-state index contributed by atoms with van der Waals surface area (Å²) in [5.74, 6) is -0.737. The van der Waals surface area contributed by atoms with Crippen LogP contribution in [0.1, 0.15) is 59.8 Å². The van der Waals surface area contributed by atoms with E-state index in [9.17, 15) is 14.4 Å². The second kappa shape index (κ2) is 6.11. The third-order valence-electron chi connectivity index (χ3n) is 8.42. The third kappa shape index (κ3) is 2.37. The number of carbonyl (C=O) groups is 3. The summed E-state index contributed by atoms with van der Waals surface area (Å²) in [6.07, 6.45) is 7.11. The van der Waals surface area contributed by atoms with Gasteiger partial charge in [-0.25, -0.2) is 4.39 Å². The van der Waals surface area contributed by atoms with Gasteiger partial charge in [0.2, 0.25) is 0 Å². The van der Waals surface area contributed by atoms with Crippen molar-refractivity contribution in [1.82, 2.24) is 0 Å². The van der Waals surface area contributed by atoms with Gasteiger partial charge in [-0.1, -0.05) is 26.0 Å². The maximum atomic E-state index is 15.9. The fraction of sp³-hybridized carbons (Fsp3) is 0.696. The van der Waals surface area contributed by atoms with Crippen LogP contribution in [0.4, 0.5) is 4.39 Å². The van der Waals surface area contributed by atoms with Crippen LogP contribution in [-0.4, -0.2) is 29.3 Å². The van der Waals surface area contributed by atoms with Crippen molar-refractivity contribution >= 4 is 17.5 Å². The van der Waals surface area contributed by atoms with Crippen LogP contribution in [0, 0.1) is 28.6 Å². The van der Waals surface area contributed by atoms with Crippen LogP contribution in [0.3, 0.4) is 0 Å². The highest BCUT2D eigenvalue weighted by atomic mass is 19.1. The van der Waals surface area contributed by atoms with Gasteiger partial charge < -0.3 is 4.74 Å². The maximum absolute atomic E-state index is 15.9. The number of hydrogen-bond acceptors (Lipinski definition) is 4. The number of Topliss-reactive ketones (excluding diaryl/α,β-unsaturated/α-hetero) is 1. The molecule has 4 aliphatic carbocycles. The molecule has 0 radical (unpaired) electrons. The summed E-state index contributed by atoms with van der Waals surface area (Å²) in [6, 6.07) is 0. The first kappa shape index (κ1) is 19.5. The van der Waals surface area contributed by atoms with Gasteiger partial charge >= 0.3 is 5.97 Å². The van der Waals surface area contributed by atoms with E-state index in [1.54, 1.807) is 6.08 Å². The van der Waals surface area contributed by atoms with Gasteiger partial charge in [-0.3, -0.25) is 14.4 Å². The summed E-state index contributed by atoms with van der Waals surface area (Å²) in [5.41, 5.74) is -1.40. The van der Waals surface area contributed by atoms with Gasteiger partial charge in [0, 0.05) is 24.7 Å². The van der Waals surface area contributed by atoms with E-state index in [0.717, 1.165) is 12.0 Å². The number of carbonyl (C=O) groups excluding carboxylic acids is 3. The minimum Gasteiger partial charge on any atom is -0.451 e. The molecule has 4 rings (SSSR count). The molecule has 0 heterocycles. The summed E-state index contributed by atoms with van der Waals surface area (Å²) in [4.78, 5) is 36.4. The molecule has 2 saturated carbocycles. The molecule has 28 heavy (non-hydrogen) atoms. The first-order valence-corrected chi connectivity index (χ1v) is 10.3. The van der Waals surface area contributed by atoms with E-state index < -0.39 is 23.2 Å². The molecule has 0 aliphatic heterocycles. The average molecular weight is 388 g/mol. The Morgan fingerprint density at radius 2 is 1.93 bits per heavy atom. The second-order valence-corrected chi connectivity index (χ2v) is 9.71. The lowest BCUT2D eigenvalue weighted by atomic mass is 9.47. The van der Waals surface area contributed by atoms with Gasteiger partial charge in [0.25, 0.3) is 0 Å². The molecular weight excluding hydrogens is 359 g/mol. The van der Waals surface area contributed by atoms with E-state index in [1.807, 2.05) is 13.0 Å². The number of halogens is 1. The van der Waals surface area contributed by atoms with E-state index in [0.29, 0.717) is 19.3 Å². The molecule has 152 valence electrons. The van der Waals surface area contributed by atoms with E-state index >= 15 is 4.39 Å². The van der Waals surface area contributed by atoms with Gasteiger partial charge in [0.05, 0.1) is 0 Å². The van der Waals surface area contributed by atoms with Crippen LogP contribution in [0.5, 0.6) is 0 Å². The molecule has 0 aromatic heterocycles. The van der Waals surface area contributed by atoms with Gasteiger partial charge in [0.1, 0.15) is 6.17 Å². The van der Waals surface area contributed by atoms with Gasteiger partial charge in [0.15, 0.2) is 17.2 Å². The van der Waals surface area contributed by atoms with E-state index in [4.69, 9.17) is 4.74 Å². The number of rotatable bonds is 2. The molecule has 0 aromatic carbocycles. The lowest BCUT2D eigenvalue weighted by Gasteiger charge is -2.58. The largest absolute Gasteiger partial charge is 0.451 e. The van der Waals surface area contributed by atoms with Crippen LogP contribution in [0.2, 0.25) is 0 Å². The molecule has 7 atom stereocenters. The fourth-order valence-corrected chi connectivity index (χ4v) is 7.11. The van der Waals surface area contributed by atoms with Crippen molar-refractivity contribution in [2.24, 2.45) is 28.6 Å². The Balaban J connectivity index is 1.80. The molecule has 0 aromatic rings. The number of ketones is 2. The van der Waals surface area contributed by atoms with Crippen LogP contribution in [0.25, 0.3) is 0 Å². The zero-order valence-corrected chi connectivity index (χ0v) is 17.1. The number of esters is 1. The minimum absolute atomic E-state index is 0.0270.